The van der Waals surface area contributed by atoms with Crippen LogP contribution in [0.3, 0.4) is 0 Å². The van der Waals surface area contributed by atoms with Gasteiger partial charge in [0.1, 0.15) is 5.60 Å². The van der Waals surface area contributed by atoms with Crippen LogP contribution < -0.4 is 5.32 Å². The molecule has 4 nitrogen and oxygen atoms in total. The number of nitrogens with one attached hydrogen (secondary N) is 1. The molecule has 2 aliphatic rings. The van der Waals surface area contributed by atoms with Crippen molar-refractivity contribution in [2.24, 2.45) is 5.92 Å². The molecule has 0 aromatic carbocycles. The highest BCUT2D eigenvalue weighted by atomic mass is 16.6. The van der Waals surface area contributed by atoms with Gasteiger partial charge in [0.05, 0.1) is 0 Å². The molecule has 2 rings (SSSR count). The van der Waals surface area contributed by atoms with E-state index in [1.807, 2.05) is 25.7 Å². The first-order valence-electron chi connectivity index (χ1n) is 8.65. The van der Waals surface area contributed by atoms with E-state index in [9.17, 15) is 4.79 Å². The molecule has 0 aromatic heterocycles. The van der Waals surface area contributed by atoms with E-state index in [2.05, 4.69) is 5.32 Å². The Labute approximate surface area is 129 Å². The standard InChI is InChI=1S/C17H32N2O2/c1-17(2,3)21-16(20)19-12-9-15(10-13-19)18-11-8-14-6-4-5-7-14/h14-15,18H,4-13H2,1-3H3. The fourth-order valence-electron chi connectivity index (χ4n) is 3.38. The number of ether oxygens (including phenoxy) is 1. The molecule has 1 N–H and O–H groups in total. The molecule has 2 fully saturated rings. The summed E-state index contributed by atoms with van der Waals surface area (Å²) in [5, 5.41) is 3.68. The summed E-state index contributed by atoms with van der Waals surface area (Å²) in [6.45, 7) is 8.53. The Hall–Kier alpha value is -0.770. The van der Waals surface area contributed by atoms with Gasteiger partial charge in [-0.05, 0) is 52.5 Å². The van der Waals surface area contributed by atoms with Crippen molar-refractivity contribution in [1.82, 2.24) is 10.2 Å². The van der Waals surface area contributed by atoms with Crippen LogP contribution in [0.2, 0.25) is 0 Å². The SMILES string of the molecule is CC(C)(C)OC(=O)N1CCC(NCCC2CCCC2)CC1. The summed E-state index contributed by atoms with van der Waals surface area (Å²) in [5.41, 5.74) is -0.395. The molecule has 4 heteroatoms. The summed E-state index contributed by atoms with van der Waals surface area (Å²) >= 11 is 0. The quantitative estimate of drug-likeness (QED) is 0.862. The summed E-state index contributed by atoms with van der Waals surface area (Å²) in [5.74, 6) is 0.958. The maximum Gasteiger partial charge on any atom is 0.410 e. The Morgan fingerprint density at radius 3 is 2.33 bits per heavy atom. The molecule has 1 amide bonds. The van der Waals surface area contributed by atoms with Gasteiger partial charge < -0.3 is 15.0 Å². The molecule has 0 bridgehead atoms. The molecular formula is C17H32N2O2. The van der Waals surface area contributed by atoms with Crippen molar-refractivity contribution < 1.29 is 9.53 Å². The van der Waals surface area contributed by atoms with Gasteiger partial charge in [0.25, 0.3) is 0 Å². The second-order valence-corrected chi connectivity index (χ2v) is 7.63. The van der Waals surface area contributed by atoms with Crippen LogP contribution in [0.4, 0.5) is 4.79 Å². The van der Waals surface area contributed by atoms with E-state index in [1.54, 1.807) is 0 Å². The van der Waals surface area contributed by atoms with Gasteiger partial charge >= 0.3 is 6.09 Å². The van der Waals surface area contributed by atoms with Gasteiger partial charge in [-0.2, -0.15) is 0 Å². The first-order valence-corrected chi connectivity index (χ1v) is 8.65. The van der Waals surface area contributed by atoms with Gasteiger partial charge in [0, 0.05) is 19.1 Å². The van der Waals surface area contributed by atoms with Crippen LogP contribution >= 0.6 is 0 Å². The van der Waals surface area contributed by atoms with Gasteiger partial charge in [-0.25, -0.2) is 4.79 Å². The Balaban J connectivity index is 1.60. The Kier molecular flexibility index (Phi) is 5.91. The minimum Gasteiger partial charge on any atom is -0.444 e. The second-order valence-electron chi connectivity index (χ2n) is 7.63. The molecule has 1 aliphatic carbocycles. The maximum atomic E-state index is 12.0. The number of carbonyl (C=O) groups excluding carboxylic acids is 1. The predicted octanol–water partition coefficient (Wildman–Crippen LogP) is 3.56. The highest BCUT2D eigenvalue weighted by molar-refractivity contribution is 5.68. The average molecular weight is 296 g/mol. The molecular weight excluding hydrogens is 264 g/mol. The summed E-state index contributed by atoms with van der Waals surface area (Å²) in [7, 11) is 0. The average Bonchev–Trinajstić information content (AvgIpc) is 2.91. The lowest BCUT2D eigenvalue weighted by molar-refractivity contribution is 0.0198. The molecule has 1 aliphatic heterocycles. The number of likely N-dealkylation sites (tertiary alicyclic amines) is 1. The third-order valence-electron chi connectivity index (χ3n) is 4.61. The normalized spacial score (nSPS) is 21.8. The predicted molar refractivity (Wildman–Crippen MR) is 85.4 cm³/mol. The molecule has 21 heavy (non-hydrogen) atoms. The van der Waals surface area contributed by atoms with Gasteiger partial charge in [-0.3, -0.25) is 0 Å². The number of hydrogen-bond acceptors (Lipinski definition) is 3. The second kappa shape index (κ2) is 7.48. The molecule has 122 valence electrons. The van der Waals surface area contributed by atoms with Gasteiger partial charge in [-0.1, -0.05) is 25.7 Å². The molecule has 0 unspecified atom stereocenters. The van der Waals surface area contributed by atoms with Gasteiger partial charge in [0.2, 0.25) is 0 Å². The van der Waals surface area contributed by atoms with Crippen LogP contribution in [0.5, 0.6) is 0 Å². The molecule has 1 saturated heterocycles. The molecule has 0 aromatic rings. The number of amides is 1. The minimum absolute atomic E-state index is 0.160. The number of piperidine rings is 1. The molecule has 1 heterocycles. The zero-order chi connectivity index (χ0) is 15.3. The lowest BCUT2D eigenvalue weighted by Gasteiger charge is -2.34. The number of hydrogen-bond donors (Lipinski definition) is 1. The Bertz CT molecular complexity index is 324. The van der Waals surface area contributed by atoms with E-state index < -0.39 is 5.60 Å². The van der Waals surface area contributed by atoms with Crippen molar-refractivity contribution in [1.29, 1.82) is 0 Å². The van der Waals surface area contributed by atoms with Crippen molar-refractivity contribution >= 4 is 6.09 Å². The third-order valence-corrected chi connectivity index (χ3v) is 4.61. The zero-order valence-corrected chi connectivity index (χ0v) is 14.0. The highest BCUT2D eigenvalue weighted by Gasteiger charge is 2.26. The largest absolute Gasteiger partial charge is 0.444 e. The fourth-order valence-corrected chi connectivity index (χ4v) is 3.38. The van der Waals surface area contributed by atoms with Crippen molar-refractivity contribution in [2.45, 2.75) is 77.4 Å². The number of nitrogens with zero attached hydrogens (tertiary/aromatic N) is 1. The lowest BCUT2D eigenvalue weighted by Crippen LogP contribution is -2.46. The third kappa shape index (κ3) is 5.85. The van der Waals surface area contributed by atoms with Crippen LogP contribution in [0, 0.1) is 5.92 Å². The summed E-state index contributed by atoms with van der Waals surface area (Å²) in [4.78, 5) is 13.8. The lowest BCUT2D eigenvalue weighted by atomic mass is 10.0. The zero-order valence-electron chi connectivity index (χ0n) is 14.0. The van der Waals surface area contributed by atoms with Crippen LogP contribution in [-0.2, 0) is 4.74 Å². The molecule has 0 radical (unpaired) electrons. The molecule has 0 atom stereocenters. The number of carbonyl (C=O) groups is 1. The first kappa shape index (κ1) is 16.6. The van der Waals surface area contributed by atoms with Crippen molar-refractivity contribution in [3.05, 3.63) is 0 Å². The minimum atomic E-state index is -0.395. The van der Waals surface area contributed by atoms with Gasteiger partial charge in [-0.15, -0.1) is 0 Å². The highest BCUT2D eigenvalue weighted by Crippen LogP contribution is 2.27. The topological polar surface area (TPSA) is 41.6 Å². The van der Waals surface area contributed by atoms with Crippen molar-refractivity contribution in [3.8, 4) is 0 Å². The van der Waals surface area contributed by atoms with Crippen molar-refractivity contribution in [2.75, 3.05) is 19.6 Å². The molecule has 0 spiro atoms. The fraction of sp³-hybridized carbons (Fsp3) is 0.941. The first-order chi connectivity index (χ1) is 9.94. The smallest absolute Gasteiger partial charge is 0.410 e. The number of rotatable bonds is 4. The van der Waals surface area contributed by atoms with E-state index in [-0.39, 0.29) is 6.09 Å². The van der Waals surface area contributed by atoms with Gasteiger partial charge in [0.15, 0.2) is 0 Å². The van der Waals surface area contributed by atoms with Crippen LogP contribution in [0.25, 0.3) is 0 Å². The van der Waals surface area contributed by atoms with Crippen molar-refractivity contribution in [3.63, 3.8) is 0 Å². The Morgan fingerprint density at radius 2 is 1.76 bits per heavy atom. The van der Waals surface area contributed by atoms with E-state index in [4.69, 9.17) is 4.74 Å². The summed E-state index contributed by atoms with van der Waals surface area (Å²) in [6, 6.07) is 0.574. The van der Waals surface area contributed by atoms with E-state index in [0.29, 0.717) is 6.04 Å². The Morgan fingerprint density at radius 1 is 1.14 bits per heavy atom. The van der Waals surface area contributed by atoms with E-state index in [0.717, 1.165) is 38.4 Å². The summed E-state index contributed by atoms with van der Waals surface area (Å²) in [6.07, 6.45) is 8.97. The summed E-state index contributed by atoms with van der Waals surface area (Å²) < 4.78 is 5.43. The van der Waals surface area contributed by atoms with E-state index in [1.165, 1.54) is 32.1 Å². The maximum absolute atomic E-state index is 12.0. The van der Waals surface area contributed by atoms with Crippen LogP contribution in [0.15, 0.2) is 0 Å². The van der Waals surface area contributed by atoms with Crippen LogP contribution in [0.1, 0.15) is 65.7 Å². The molecule has 1 saturated carbocycles. The monoisotopic (exact) mass is 296 g/mol. The van der Waals surface area contributed by atoms with E-state index >= 15 is 0 Å². The van der Waals surface area contributed by atoms with Crippen LogP contribution in [-0.4, -0.2) is 42.3 Å².